The van der Waals surface area contributed by atoms with E-state index in [1.54, 1.807) is 11.8 Å². The van der Waals surface area contributed by atoms with Crippen LogP contribution in [0.25, 0.3) is 0 Å². The second-order valence-corrected chi connectivity index (χ2v) is 8.26. The van der Waals surface area contributed by atoms with Gasteiger partial charge in [0.25, 0.3) is 0 Å². The van der Waals surface area contributed by atoms with Crippen LogP contribution in [0.2, 0.25) is 0 Å². The molecule has 146 valence electrons. The van der Waals surface area contributed by atoms with E-state index < -0.39 is 0 Å². The lowest BCUT2D eigenvalue weighted by atomic mass is 9.87. The fourth-order valence-electron chi connectivity index (χ4n) is 2.47. The van der Waals surface area contributed by atoms with Crippen LogP contribution >= 0.6 is 11.8 Å². The summed E-state index contributed by atoms with van der Waals surface area (Å²) >= 11 is 1.55. The number of nitrogens with one attached hydrogen (secondary N) is 1. The van der Waals surface area contributed by atoms with Gasteiger partial charge in [0.15, 0.2) is 0 Å². The maximum absolute atomic E-state index is 12.1. The smallest absolute Gasteiger partial charge is 0.234 e. The van der Waals surface area contributed by atoms with E-state index in [0.29, 0.717) is 30.4 Å². The number of para-hydroxylation sites is 2. The Labute approximate surface area is 166 Å². The molecule has 0 atom stereocenters. The average Bonchev–Trinajstić information content (AvgIpc) is 2.63. The molecule has 0 spiro atoms. The number of amides is 1. The number of rotatable bonds is 9. The van der Waals surface area contributed by atoms with Gasteiger partial charge in [0.2, 0.25) is 5.91 Å². The van der Waals surface area contributed by atoms with E-state index in [0.717, 1.165) is 11.5 Å². The summed E-state index contributed by atoms with van der Waals surface area (Å²) in [6.45, 7) is 9.63. The summed E-state index contributed by atoms with van der Waals surface area (Å²) in [5.74, 6) is 2.65. The van der Waals surface area contributed by atoms with E-state index in [-0.39, 0.29) is 11.3 Å². The molecule has 2 rings (SSSR count). The van der Waals surface area contributed by atoms with Crippen LogP contribution in [0.3, 0.4) is 0 Å². The number of hydrogen-bond donors (Lipinski definition) is 1. The summed E-state index contributed by atoms with van der Waals surface area (Å²) in [6.07, 6.45) is 0. The van der Waals surface area contributed by atoms with Gasteiger partial charge in [0.1, 0.15) is 11.5 Å². The Morgan fingerprint density at radius 2 is 1.74 bits per heavy atom. The maximum Gasteiger partial charge on any atom is 0.234 e. The van der Waals surface area contributed by atoms with Gasteiger partial charge in [-0.3, -0.25) is 4.79 Å². The summed E-state index contributed by atoms with van der Waals surface area (Å²) in [5.41, 5.74) is 2.14. The Balaban J connectivity index is 1.69. The first-order chi connectivity index (χ1) is 12.9. The highest BCUT2D eigenvalue weighted by atomic mass is 32.2. The molecule has 0 saturated carbocycles. The topological polar surface area (TPSA) is 47.6 Å². The highest BCUT2D eigenvalue weighted by Crippen LogP contribution is 2.25. The number of thioether (sulfide) groups is 1. The van der Waals surface area contributed by atoms with E-state index >= 15 is 0 Å². The molecule has 2 aromatic rings. The molecule has 0 unspecified atom stereocenters. The molecule has 2 aromatic carbocycles. The van der Waals surface area contributed by atoms with Gasteiger partial charge in [-0.15, -0.1) is 11.8 Å². The zero-order valence-corrected chi connectivity index (χ0v) is 17.4. The van der Waals surface area contributed by atoms with Crippen LogP contribution in [-0.2, 0) is 10.2 Å². The van der Waals surface area contributed by atoms with Gasteiger partial charge >= 0.3 is 0 Å². The number of benzene rings is 2. The molecular weight excluding hydrogens is 358 g/mol. The van der Waals surface area contributed by atoms with E-state index in [4.69, 9.17) is 9.47 Å². The van der Waals surface area contributed by atoms with Gasteiger partial charge in [-0.2, -0.15) is 0 Å². The molecule has 1 N–H and O–H groups in total. The van der Waals surface area contributed by atoms with Crippen molar-refractivity contribution >= 4 is 23.4 Å². The molecule has 0 fully saturated rings. The maximum atomic E-state index is 12.1. The molecule has 0 radical (unpaired) electrons. The normalized spacial score (nSPS) is 11.1. The summed E-state index contributed by atoms with van der Waals surface area (Å²) in [6, 6.07) is 15.7. The zero-order chi connectivity index (χ0) is 19.7. The first kappa shape index (κ1) is 21.2. The molecule has 0 aliphatic carbocycles. The molecule has 27 heavy (non-hydrogen) atoms. The van der Waals surface area contributed by atoms with Crippen LogP contribution < -0.4 is 14.8 Å². The second-order valence-electron chi connectivity index (χ2n) is 7.15. The standard InChI is InChI=1S/C22H29NO3S/c1-5-25-20-9-7-6-8-19(20)23-21(24)16-27-15-14-26-18-12-10-17(11-13-18)22(2,3)4/h6-13H,5,14-16H2,1-4H3,(H,23,24). The lowest BCUT2D eigenvalue weighted by molar-refractivity contribution is -0.113. The van der Waals surface area contributed by atoms with Crippen LogP contribution in [0.5, 0.6) is 11.5 Å². The summed E-state index contributed by atoms with van der Waals surface area (Å²) in [5, 5.41) is 2.90. The molecule has 0 aliphatic heterocycles. The first-order valence-corrected chi connectivity index (χ1v) is 10.4. The molecule has 1 amide bonds. The molecule has 5 heteroatoms. The van der Waals surface area contributed by atoms with Gasteiger partial charge in [-0.1, -0.05) is 45.0 Å². The zero-order valence-electron chi connectivity index (χ0n) is 16.6. The van der Waals surface area contributed by atoms with Gasteiger partial charge < -0.3 is 14.8 Å². The minimum Gasteiger partial charge on any atom is -0.493 e. The van der Waals surface area contributed by atoms with Crippen LogP contribution in [0.15, 0.2) is 48.5 Å². The van der Waals surface area contributed by atoms with Crippen molar-refractivity contribution in [1.29, 1.82) is 0 Å². The third kappa shape index (κ3) is 7.18. The van der Waals surface area contributed by atoms with Crippen molar-refractivity contribution in [3.8, 4) is 11.5 Å². The number of anilines is 1. The minimum absolute atomic E-state index is 0.0401. The van der Waals surface area contributed by atoms with Crippen LogP contribution in [-0.4, -0.2) is 30.6 Å². The van der Waals surface area contributed by atoms with Crippen molar-refractivity contribution in [2.75, 3.05) is 30.0 Å². The molecule has 0 saturated heterocycles. The monoisotopic (exact) mass is 387 g/mol. The van der Waals surface area contributed by atoms with Gasteiger partial charge in [0, 0.05) is 5.75 Å². The summed E-state index contributed by atoms with van der Waals surface area (Å²) < 4.78 is 11.3. The van der Waals surface area contributed by atoms with Crippen LogP contribution in [0.1, 0.15) is 33.3 Å². The Hall–Kier alpha value is -2.14. The van der Waals surface area contributed by atoms with Crippen molar-refractivity contribution in [2.45, 2.75) is 33.1 Å². The number of ether oxygens (including phenoxy) is 2. The summed E-state index contributed by atoms with van der Waals surface area (Å²) in [7, 11) is 0. The predicted molar refractivity (Wildman–Crippen MR) is 114 cm³/mol. The highest BCUT2D eigenvalue weighted by Gasteiger charge is 2.13. The SMILES string of the molecule is CCOc1ccccc1NC(=O)CSCCOc1ccc(C(C)(C)C)cc1. The molecule has 4 nitrogen and oxygen atoms in total. The average molecular weight is 388 g/mol. The van der Waals surface area contributed by atoms with Gasteiger partial charge in [0.05, 0.1) is 24.7 Å². The third-order valence-electron chi connectivity index (χ3n) is 3.91. The minimum atomic E-state index is -0.0401. The molecule has 0 heterocycles. The third-order valence-corrected chi connectivity index (χ3v) is 4.83. The number of hydrogen-bond acceptors (Lipinski definition) is 4. The Bertz CT molecular complexity index is 723. The van der Waals surface area contributed by atoms with E-state index in [2.05, 4.69) is 38.2 Å². The van der Waals surface area contributed by atoms with Gasteiger partial charge in [-0.25, -0.2) is 0 Å². The summed E-state index contributed by atoms with van der Waals surface area (Å²) in [4.78, 5) is 12.1. The Kier molecular flexibility index (Phi) is 8.04. The lowest BCUT2D eigenvalue weighted by Crippen LogP contribution is -2.16. The molecule has 0 bridgehead atoms. The van der Waals surface area contributed by atoms with Crippen molar-refractivity contribution in [2.24, 2.45) is 0 Å². The molecule has 0 aromatic heterocycles. The lowest BCUT2D eigenvalue weighted by Gasteiger charge is -2.19. The van der Waals surface area contributed by atoms with Crippen molar-refractivity contribution in [1.82, 2.24) is 0 Å². The fourth-order valence-corrected chi connectivity index (χ4v) is 3.08. The van der Waals surface area contributed by atoms with Crippen LogP contribution in [0.4, 0.5) is 5.69 Å². The van der Waals surface area contributed by atoms with Crippen LogP contribution in [0, 0.1) is 0 Å². The van der Waals surface area contributed by atoms with Crippen molar-refractivity contribution in [3.63, 3.8) is 0 Å². The fraction of sp³-hybridized carbons (Fsp3) is 0.409. The Morgan fingerprint density at radius 3 is 2.41 bits per heavy atom. The van der Waals surface area contributed by atoms with E-state index in [1.165, 1.54) is 5.56 Å². The Morgan fingerprint density at radius 1 is 1.04 bits per heavy atom. The first-order valence-electron chi connectivity index (χ1n) is 9.23. The van der Waals surface area contributed by atoms with Crippen molar-refractivity contribution < 1.29 is 14.3 Å². The predicted octanol–water partition coefficient (Wildman–Crippen LogP) is 5.13. The number of carbonyl (C=O) groups excluding carboxylic acids is 1. The highest BCUT2D eigenvalue weighted by molar-refractivity contribution is 7.99. The largest absolute Gasteiger partial charge is 0.493 e. The second kappa shape index (κ2) is 10.3. The van der Waals surface area contributed by atoms with E-state index in [9.17, 15) is 4.79 Å². The quantitative estimate of drug-likeness (QED) is 0.606. The van der Waals surface area contributed by atoms with Gasteiger partial charge in [-0.05, 0) is 42.2 Å². The molecular formula is C22H29NO3S. The number of carbonyl (C=O) groups is 1. The molecule has 0 aliphatic rings. The van der Waals surface area contributed by atoms with E-state index in [1.807, 2.05) is 43.3 Å². The van der Waals surface area contributed by atoms with Crippen molar-refractivity contribution in [3.05, 3.63) is 54.1 Å².